The van der Waals surface area contributed by atoms with Gasteiger partial charge in [0.05, 0.1) is 0 Å². The molecular formula is C23H21ClN2O3S. The lowest BCUT2D eigenvalue weighted by Gasteiger charge is -2.33. The van der Waals surface area contributed by atoms with Gasteiger partial charge < -0.3 is 4.74 Å². The van der Waals surface area contributed by atoms with Gasteiger partial charge in [-0.3, -0.25) is 19.5 Å². The summed E-state index contributed by atoms with van der Waals surface area (Å²) in [6.07, 6.45) is 2.75. The number of fused-ring (bicyclic) bond motifs is 1. The Kier molecular flexibility index (Phi) is 6.27. The smallest absolute Gasteiger partial charge is 0.311 e. The molecule has 154 valence electrons. The standard InChI is InChI=1S/C23H21ClN2O3S/c1-2-20(27)29-21-13-16-14-26(11-9-19(16)30-21)22(15-6-5-7-17(24)12-15)23(28)18-8-3-4-10-25-18/h3-8,10,12-13,22H,2,9,11,14H2,1H3. The topological polar surface area (TPSA) is 59.5 Å². The zero-order chi connectivity index (χ0) is 21.1. The Balaban J connectivity index is 1.65. The minimum atomic E-state index is -0.492. The first-order valence-corrected chi connectivity index (χ1v) is 11.0. The number of halogens is 1. The lowest BCUT2D eigenvalue weighted by Crippen LogP contribution is -2.38. The molecule has 2 aromatic heterocycles. The van der Waals surface area contributed by atoms with Crippen molar-refractivity contribution in [2.45, 2.75) is 32.4 Å². The molecule has 0 spiro atoms. The van der Waals surface area contributed by atoms with E-state index in [2.05, 4.69) is 9.88 Å². The number of carbonyl (C=O) groups excluding carboxylic acids is 2. The summed E-state index contributed by atoms with van der Waals surface area (Å²) in [5.41, 5.74) is 2.36. The van der Waals surface area contributed by atoms with Crippen LogP contribution in [0.15, 0.2) is 54.7 Å². The molecule has 1 aliphatic heterocycles. The molecule has 0 aliphatic carbocycles. The summed E-state index contributed by atoms with van der Waals surface area (Å²) in [4.78, 5) is 32.7. The monoisotopic (exact) mass is 440 g/mol. The van der Waals surface area contributed by atoms with Crippen LogP contribution in [-0.4, -0.2) is 28.2 Å². The molecule has 0 fully saturated rings. The van der Waals surface area contributed by atoms with Crippen LogP contribution in [0.2, 0.25) is 5.02 Å². The number of nitrogens with zero attached hydrogens (tertiary/aromatic N) is 2. The summed E-state index contributed by atoms with van der Waals surface area (Å²) < 4.78 is 5.40. The van der Waals surface area contributed by atoms with E-state index < -0.39 is 6.04 Å². The Morgan fingerprint density at radius 2 is 2.10 bits per heavy atom. The lowest BCUT2D eigenvalue weighted by molar-refractivity contribution is -0.133. The highest BCUT2D eigenvalue weighted by molar-refractivity contribution is 7.14. The zero-order valence-electron chi connectivity index (χ0n) is 16.5. The lowest BCUT2D eigenvalue weighted by atomic mass is 9.96. The first-order valence-electron chi connectivity index (χ1n) is 9.82. The van der Waals surface area contributed by atoms with Crippen molar-refractivity contribution >= 4 is 34.7 Å². The number of rotatable bonds is 6. The zero-order valence-corrected chi connectivity index (χ0v) is 18.1. The third kappa shape index (κ3) is 4.46. The van der Waals surface area contributed by atoms with E-state index in [-0.39, 0.29) is 11.8 Å². The first-order chi connectivity index (χ1) is 14.5. The van der Waals surface area contributed by atoms with Gasteiger partial charge in [-0.15, -0.1) is 11.3 Å². The molecule has 1 unspecified atom stereocenters. The van der Waals surface area contributed by atoms with Gasteiger partial charge in [-0.1, -0.05) is 36.7 Å². The predicted molar refractivity (Wildman–Crippen MR) is 117 cm³/mol. The van der Waals surface area contributed by atoms with Gasteiger partial charge in [0.2, 0.25) is 5.78 Å². The van der Waals surface area contributed by atoms with Crippen LogP contribution >= 0.6 is 22.9 Å². The second kappa shape index (κ2) is 9.08. The molecule has 4 rings (SSSR count). The van der Waals surface area contributed by atoms with Crippen molar-refractivity contribution in [1.29, 1.82) is 0 Å². The van der Waals surface area contributed by atoms with Crippen LogP contribution < -0.4 is 4.74 Å². The number of aromatic nitrogens is 1. The molecule has 3 aromatic rings. The normalized spacial score (nSPS) is 14.7. The number of hydrogen-bond acceptors (Lipinski definition) is 6. The van der Waals surface area contributed by atoms with E-state index in [1.807, 2.05) is 30.3 Å². The number of carbonyl (C=O) groups is 2. The number of pyridine rings is 1. The Morgan fingerprint density at radius 1 is 1.23 bits per heavy atom. The highest BCUT2D eigenvalue weighted by atomic mass is 35.5. The molecule has 0 radical (unpaired) electrons. The van der Waals surface area contributed by atoms with Gasteiger partial charge in [-0.25, -0.2) is 0 Å². The fraction of sp³-hybridized carbons (Fsp3) is 0.261. The van der Waals surface area contributed by atoms with Gasteiger partial charge in [0.15, 0.2) is 5.06 Å². The minimum absolute atomic E-state index is 0.0609. The predicted octanol–water partition coefficient (Wildman–Crippen LogP) is 5.09. The number of ketones is 1. The van der Waals surface area contributed by atoms with Crippen LogP contribution in [-0.2, 0) is 17.8 Å². The molecule has 0 saturated carbocycles. The number of thiophene rings is 1. The maximum Gasteiger partial charge on any atom is 0.311 e. The van der Waals surface area contributed by atoms with Crippen molar-refractivity contribution in [1.82, 2.24) is 9.88 Å². The second-order valence-electron chi connectivity index (χ2n) is 7.10. The van der Waals surface area contributed by atoms with E-state index in [4.69, 9.17) is 16.3 Å². The van der Waals surface area contributed by atoms with Crippen molar-refractivity contribution in [3.05, 3.63) is 81.4 Å². The maximum atomic E-state index is 13.4. The highest BCUT2D eigenvalue weighted by Gasteiger charge is 2.32. The number of Topliss-reactive ketones (excluding diaryl/α,β-unsaturated/α-hetero) is 1. The average Bonchev–Trinajstić information content (AvgIpc) is 3.16. The largest absolute Gasteiger partial charge is 0.415 e. The van der Waals surface area contributed by atoms with Gasteiger partial charge in [-0.2, -0.15) is 0 Å². The molecule has 5 nitrogen and oxygen atoms in total. The average molecular weight is 441 g/mol. The van der Waals surface area contributed by atoms with Crippen molar-refractivity contribution < 1.29 is 14.3 Å². The molecule has 30 heavy (non-hydrogen) atoms. The Bertz CT molecular complexity index is 1070. The van der Waals surface area contributed by atoms with Crippen LogP contribution in [0.1, 0.15) is 45.9 Å². The molecule has 1 aromatic carbocycles. The van der Waals surface area contributed by atoms with Gasteiger partial charge in [0, 0.05) is 35.6 Å². The highest BCUT2D eigenvalue weighted by Crippen LogP contribution is 2.37. The van der Waals surface area contributed by atoms with E-state index in [0.717, 1.165) is 17.5 Å². The summed E-state index contributed by atoms with van der Waals surface area (Å²) in [6, 6.07) is 14.2. The van der Waals surface area contributed by atoms with Crippen molar-refractivity contribution in [3.8, 4) is 5.06 Å². The summed E-state index contributed by atoms with van der Waals surface area (Å²) in [6.45, 7) is 3.08. The molecular weight excluding hydrogens is 420 g/mol. The van der Waals surface area contributed by atoms with Crippen LogP contribution in [0.4, 0.5) is 0 Å². The molecule has 0 amide bonds. The van der Waals surface area contributed by atoms with Crippen molar-refractivity contribution in [3.63, 3.8) is 0 Å². The SMILES string of the molecule is CCC(=O)Oc1cc2c(s1)CCN(C(C(=O)c1ccccn1)c1cccc(Cl)c1)C2. The quantitative estimate of drug-likeness (QED) is 0.394. The molecule has 7 heteroatoms. The third-order valence-electron chi connectivity index (χ3n) is 5.07. The van der Waals surface area contributed by atoms with E-state index in [1.165, 1.54) is 16.2 Å². The van der Waals surface area contributed by atoms with Gasteiger partial charge in [0.25, 0.3) is 0 Å². The second-order valence-corrected chi connectivity index (χ2v) is 8.63. The summed E-state index contributed by atoms with van der Waals surface area (Å²) in [5, 5.41) is 1.21. The maximum absolute atomic E-state index is 13.4. The Morgan fingerprint density at radius 3 is 2.83 bits per heavy atom. The summed E-state index contributed by atoms with van der Waals surface area (Å²) in [5.74, 6) is -0.304. The van der Waals surface area contributed by atoms with Gasteiger partial charge in [0.1, 0.15) is 11.7 Å². The van der Waals surface area contributed by atoms with Gasteiger partial charge >= 0.3 is 5.97 Å². The Labute approximate surface area is 184 Å². The third-order valence-corrected chi connectivity index (χ3v) is 6.42. The van der Waals surface area contributed by atoms with Crippen molar-refractivity contribution in [2.75, 3.05) is 6.54 Å². The minimum Gasteiger partial charge on any atom is -0.415 e. The fourth-order valence-electron chi connectivity index (χ4n) is 3.64. The van der Waals surface area contributed by atoms with Crippen LogP contribution in [0.5, 0.6) is 5.06 Å². The number of ether oxygens (including phenoxy) is 1. The fourth-order valence-corrected chi connectivity index (χ4v) is 4.86. The van der Waals surface area contributed by atoms with E-state index in [9.17, 15) is 9.59 Å². The summed E-state index contributed by atoms with van der Waals surface area (Å²) in [7, 11) is 0. The van der Waals surface area contributed by atoms with Crippen LogP contribution in [0.3, 0.4) is 0 Å². The molecule has 3 heterocycles. The molecule has 0 bridgehead atoms. The summed E-state index contributed by atoms with van der Waals surface area (Å²) >= 11 is 7.74. The van der Waals surface area contributed by atoms with E-state index >= 15 is 0 Å². The Hall–Kier alpha value is -2.54. The molecule has 0 saturated heterocycles. The van der Waals surface area contributed by atoms with E-state index in [1.54, 1.807) is 31.3 Å². The number of benzene rings is 1. The first kappa shape index (κ1) is 20.7. The number of hydrogen-bond donors (Lipinski definition) is 0. The molecule has 1 aliphatic rings. The molecule has 0 N–H and O–H groups in total. The van der Waals surface area contributed by atoms with Gasteiger partial charge in [-0.05, 0) is 47.9 Å². The van der Waals surface area contributed by atoms with Crippen LogP contribution in [0, 0.1) is 0 Å². The van der Waals surface area contributed by atoms with Crippen molar-refractivity contribution in [2.24, 2.45) is 0 Å². The number of esters is 1. The van der Waals surface area contributed by atoms with Crippen LogP contribution in [0.25, 0.3) is 0 Å². The van der Waals surface area contributed by atoms with E-state index in [0.29, 0.717) is 35.3 Å². The molecule has 1 atom stereocenters.